The molecule has 0 aliphatic carbocycles. The second-order valence-electron chi connectivity index (χ2n) is 9.31. The maximum Gasteiger partial charge on any atom is 0.347 e. The number of carboxylic acids is 1. The van der Waals surface area contributed by atoms with E-state index in [1.54, 1.807) is 31.3 Å². The highest BCUT2D eigenvalue weighted by atomic mass is 32.1. The van der Waals surface area contributed by atoms with Crippen LogP contribution < -0.4 is 19.1 Å². The number of aliphatic carboxylic acids is 1. The number of hydrogen-bond donors (Lipinski definition) is 1. The van der Waals surface area contributed by atoms with E-state index in [4.69, 9.17) is 14.2 Å². The van der Waals surface area contributed by atoms with E-state index in [0.717, 1.165) is 21.9 Å². The zero-order chi connectivity index (χ0) is 28.2. The monoisotopic (exact) mass is 546 g/mol. The third-order valence-corrected chi connectivity index (χ3v) is 7.30. The molecule has 4 aromatic rings. The van der Waals surface area contributed by atoms with Crippen molar-refractivity contribution in [1.82, 2.24) is 4.98 Å². The van der Waals surface area contributed by atoms with E-state index in [9.17, 15) is 14.7 Å². The summed E-state index contributed by atoms with van der Waals surface area (Å²) < 4.78 is 16.2. The number of anilines is 1. The predicted molar refractivity (Wildman–Crippen MR) is 151 cm³/mol. The summed E-state index contributed by atoms with van der Waals surface area (Å²) in [5.74, 6) is 0.622. The Bertz CT molecular complexity index is 1440. The van der Waals surface area contributed by atoms with Gasteiger partial charge in [-0.3, -0.25) is 4.79 Å². The molecule has 9 heteroatoms. The number of carboxylic acid groups (broad SMARTS) is 1. The van der Waals surface area contributed by atoms with Crippen molar-refractivity contribution in [3.05, 3.63) is 88.9 Å². The van der Waals surface area contributed by atoms with Gasteiger partial charge < -0.3 is 24.2 Å². The lowest BCUT2D eigenvalue weighted by atomic mass is 10.1. The summed E-state index contributed by atoms with van der Waals surface area (Å²) in [5, 5.41) is 10.1. The zero-order valence-electron chi connectivity index (χ0n) is 22.4. The first kappa shape index (κ1) is 27.7. The highest BCUT2D eigenvalue weighted by Gasteiger charge is 2.29. The van der Waals surface area contributed by atoms with Crippen molar-refractivity contribution in [2.45, 2.75) is 32.9 Å². The van der Waals surface area contributed by atoms with Gasteiger partial charge in [-0.25, -0.2) is 9.78 Å². The molecule has 1 amide bonds. The van der Waals surface area contributed by atoms with Crippen LogP contribution in [0.25, 0.3) is 10.6 Å². The maximum absolute atomic E-state index is 14.0. The summed E-state index contributed by atoms with van der Waals surface area (Å²) in [5.41, 5.74) is 1.73. The summed E-state index contributed by atoms with van der Waals surface area (Å²) in [7, 11) is 3.21. The van der Waals surface area contributed by atoms with Crippen LogP contribution in [0.3, 0.4) is 0 Å². The maximum atomic E-state index is 14.0. The molecule has 39 heavy (non-hydrogen) atoms. The molecule has 0 aliphatic heterocycles. The lowest BCUT2D eigenvalue weighted by Gasteiger charge is -2.24. The normalized spacial score (nSPS) is 11.1. The fourth-order valence-electron chi connectivity index (χ4n) is 3.80. The Balaban J connectivity index is 1.64. The van der Waals surface area contributed by atoms with Crippen molar-refractivity contribution >= 4 is 28.9 Å². The van der Waals surface area contributed by atoms with Crippen LogP contribution in [0.5, 0.6) is 17.2 Å². The first-order valence-corrected chi connectivity index (χ1v) is 13.0. The average molecular weight is 547 g/mol. The minimum Gasteiger partial charge on any atom is -0.497 e. The topological polar surface area (TPSA) is 98.2 Å². The molecule has 202 valence electrons. The SMILES string of the molecule is COc1ccc(-c2nc(C)c(C(=O)N(Cc3ccc(OC(C)(C)C(=O)O)cc3)c3ccc(OC)cc3)s2)cc1. The number of nitrogens with zero attached hydrogens (tertiary/aromatic N) is 2. The molecule has 1 N–H and O–H groups in total. The van der Waals surface area contributed by atoms with Crippen LogP contribution in [0.4, 0.5) is 5.69 Å². The molecule has 3 aromatic carbocycles. The third-order valence-electron chi connectivity index (χ3n) is 6.11. The number of aryl methyl sites for hydroxylation is 1. The van der Waals surface area contributed by atoms with E-state index in [1.807, 2.05) is 67.6 Å². The molecule has 0 radical (unpaired) electrons. The minimum absolute atomic E-state index is 0.178. The Hall–Kier alpha value is -4.37. The van der Waals surface area contributed by atoms with Crippen molar-refractivity contribution in [2.24, 2.45) is 0 Å². The van der Waals surface area contributed by atoms with Crippen molar-refractivity contribution in [2.75, 3.05) is 19.1 Å². The minimum atomic E-state index is -1.36. The van der Waals surface area contributed by atoms with E-state index < -0.39 is 11.6 Å². The van der Waals surface area contributed by atoms with E-state index >= 15 is 0 Å². The van der Waals surface area contributed by atoms with E-state index in [1.165, 1.54) is 25.2 Å². The van der Waals surface area contributed by atoms with E-state index in [-0.39, 0.29) is 12.5 Å². The van der Waals surface area contributed by atoms with Gasteiger partial charge in [0.05, 0.1) is 26.5 Å². The molecular formula is C30H30N2O6S. The number of methoxy groups -OCH3 is 2. The fourth-order valence-corrected chi connectivity index (χ4v) is 4.82. The molecule has 0 spiro atoms. The Morgan fingerprint density at radius 3 is 1.95 bits per heavy atom. The highest BCUT2D eigenvalue weighted by molar-refractivity contribution is 7.17. The van der Waals surface area contributed by atoms with Crippen LogP contribution in [0.1, 0.15) is 34.8 Å². The van der Waals surface area contributed by atoms with Gasteiger partial charge in [-0.1, -0.05) is 12.1 Å². The average Bonchev–Trinajstić information content (AvgIpc) is 3.33. The van der Waals surface area contributed by atoms with Crippen LogP contribution in [0.2, 0.25) is 0 Å². The van der Waals surface area contributed by atoms with Gasteiger partial charge in [0.1, 0.15) is 27.1 Å². The molecular weight excluding hydrogens is 516 g/mol. The van der Waals surface area contributed by atoms with E-state index in [2.05, 4.69) is 4.98 Å². The molecule has 0 aliphatic rings. The van der Waals surface area contributed by atoms with Gasteiger partial charge >= 0.3 is 5.97 Å². The predicted octanol–water partition coefficient (Wildman–Crippen LogP) is 6.22. The number of benzene rings is 3. The molecule has 1 aromatic heterocycles. The van der Waals surface area contributed by atoms with Crippen molar-refractivity contribution in [1.29, 1.82) is 0 Å². The summed E-state index contributed by atoms with van der Waals surface area (Å²) >= 11 is 1.34. The summed E-state index contributed by atoms with van der Waals surface area (Å²) in [4.78, 5) is 32.3. The second kappa shape index (κ2) is 11.6. The van der Waals surface area contributed by atoms with Gasteiger partial charge in [0.2, 0.25) is 0 Å². The number of thiazole rings is 1. The molecule has 0 bridgehead atoms. The number of amides is 1. The van der Waals surface area contributed by atoms with Crippen LogP contribution >= 0.6 is 11.3 Å². The van der Waals surface area contributed by atoms with Crippen LogP contribution in [-0.2, 0) is 11.3 Å². The lowest BCUT2D eigenvalue weighted by Crippen LogP contribution is -2.37. The van der Waals surface area contributed by atoms with Gasteiger partial charge in [-0.2, -0.15) is 0 Å². The summed E-state index contributed by atoms with van der Waals surface area (Å²) in [6.45, 7) is 5.10. The second-order valence-corrected chi connectivity index (χ2v) is 10.3. The number of aromatic nitrogens is 1. The molecule has 0 saturated heterocycles. The number of carbonyl (C=O) groups is 2. The zero-order valence-corrected chi connectivity index (χ0v) is 23.2. The van der Waals surface area contributed by atoms with Gasteiger partial charge in [0, 0.05) is 11.3 Å². The van der Waals surface area contributed by atoms with Crippen LogP contribution in [0, 0.1) is 6.92 Å². The van der Waals surface area contributed by atoms with Crippen LogP contribution in [0.15, 0.2) is 72.8 Å². The fraction of sp³-hybridized carbons (Fsp3) is 0.233. The quantitative estimate of drug-likeness (QED) is 0.252. The van der Waals surface area contributed by atoms with E-state index in [0.29, 0.717) is 27.8 Å². The van der Waals surface area contributed by atoms with Crippen LogP contribution in [-0.4, -0.2) is 41.8 Å². The molecule has 4 rings (SSSR count). The Kier molecular flexibility index (Phi) is 8.21. The highest BCUT2D eigenvalue weighted by Crippen LogP contribution is 2.32. The smallest absolute Gasteiger partial charge is 0.347 e. The van der Waals surface area contributed by atoms with Gasteiger partial charge in [-0.05, 0) is 87.0 Å². The van der Waals surface area contributed by atoms with Gasteiger partial charge in [0.25, 0.3) is 5.91 Å². The summed E-state index contributed by atoms with van der Waals surface area (Å²) in [6.07, 6.45) is 0. The Morgan fingerprint density at radius 2 is 1.41 bits per heavy atom. The molecule has 0 fully saturated rings. The van der Waals surface area contributed by atoms with Crippen molar-refractivity contribution in [3.63, 3.8) is 0 Å². The van der Waals surface area contributed by atoms with Crippen molar-refractivity contribution < 1.29 is 28.9 Å². The van der Waals surface area contributed by atoms with Crippen molar-refractivity contribution in [3.8, 4) is 27.8 Å². The molecule has 0 saturated carbocycles. The van der Waals surface area contributed by atoms with Gasteiger partial charge in [0.15, 0.2) is 5.60 Å². The number of hydrogen-bond acceptors (Lipinski definition) is 7. The third kappa shape index (κ3) is 6.38. The number of rotatable bonds is 10. The molecule has 8 nitrogen and oxygen atoms in total. The van der Waals surface area contributed by atoms with Gasteiger partial charge in [-0.15, -0.1) is 11.3 Å². The first-order chi connectivity index (χ1) is 18.6. The Labute approximate surface area is 231 Å². The lowest BCUT2D eigenvalue weighted by molar-refractivity contribution is -0.152. The number of carbonyl (C=O) groups excluding carboxylic acids is 1. The standard InChI is InChI=1S/C30H30N2O6S/c1-19-26(39-27(31-19)21-8-14-23(36-4)15-9-21)28(33)32(22-10-16-24(37-5)17-11-22)18-20-6-12-25(13-7-20)38-30(2,3)29(34)35/h6-17H,18H2,1-5H3,(H,34,35). The Morgan fingerprint density at radius 1 is 0.872 bits per heavy atom. The largest absolute Gasteiger partial charge is 0.497 e. The first-order valence-electron chi connectivity index (χ1n) is 12.2. The molecule has 1 heterocycles. The molecule has 0 unspecified atom stereocenters. The molecule has 0 atom stereocenters. The summed E-state index contributed by atoms with van der Waals surface area (Å²) in [6, 6.07) is 21.9. The number of ether oxygens (including phenoxy) is 3.